The molecule has 5 heteroatoms. The number of aromatic nitrogens is 2. The van der Waals surface area contributed by atoms with E-state index in [4.69, 9.17) is 10.3 Å². The van der Waals surface area contributed by atoms with Crippen LogP contribution in [-0.4, -0.2) is 27.1 Å². The van der Waals surface area contributed by atoms with Crippen LogP contribution in [0.3, 0.4) is 0 Å². The van der Waals surface area contributed by atoms with Crippen LogP contribution in [0.25, 0.3) is 0 Å². The molecule has 2 saturated carbocycles. The minimum absolute atomic E-state index is 0.328. The van der Waals surface area contributed by atoms with Gasteiger partial charge in [-0.15, -0.1) is 0 Å². The van der Waals surface area contributed by atoms with E-state index in [2.05, 4.69) is 22.0 Å². The molecule has 2 aliphatic carbocycles. The first-order valence-electron chi connectivity index (χ1n) is 6.55. The average Bonchev–Trinajstić information content (AvgIpc) is 3.22. The zero-order valence-electron chi connectivity index (χ0n) is 10.3. The van der Waals surface area contributed by atoms with Gasteiger partial charge in [0, 0.05) is 12.1 Å². The van der Waals surface area contributed by atoms with Crippen LogP contribution in [0.4, 0.5) is 0 Å². The number of nitrogens with two attached hydrogens (primary N) is 1. The molecule has 0 amide bonds. The Morgan fingerprint density at radius 2 is 2.18 bits per heavy atom. The highest BCUT2D eigenvalue weighted by Gasteiger charge is 2.39. The van der Waals surface area contributed by atoms with E-state index in [1.807, 2.05) is 0 Å². The van der Waals surface area contributed by atoms with Gasteiger partial charge in [0.15, 0.2) is 5.82 Å². The van der Waals surface area contributed by atoms with E-state index in [1.165, 1.54) is 25.7 Å². The van der Waals surface area contributed by atoms with Crippen LogP contribution in [0, 0.1) is 5.92 Å². The summed E-state index contributed by atoms with van der Waals surface area (Å²) in [4.78, 5) is 6.84. The van der Waals surface area contributed by atoms with Crippen LogP contribution in [0.2, 0.25) is 0 Å². The molecular weight excluding hydrogens is 216 g/mol. The molecule has 2 fully saturated rings. The maximum Gasteiger partial charge on any atom is 0.240 e. The summed E-state index contributed by atoms with van der Waals surface area (Å²) in [5.41, 5.74) is 5.47. The summed E-state index contributed by atoms with van der Waals surface area (Å²) in [7, 11) is 0. The van der Waals surface area contributed by atoms with E-state index >= 15 is 0 Å². The van der Waals surface area contributed by atoms with Crippen molar-refractivity contribution in [3.05, 3.63) is 11.7 Å². The van der Waals surface area contributed by atoms with Crippen molar-refractivity contribution in [2.45, 2.75) is 57.8 Å². The predicted molar refractivity (Wildman–Crippen MR) is 62.9 cm³/mol. The van der Waals surface area contributed by atoms with Crippen molar-refractivity contribution >= 4 is 0 Å². The standard InChI is InChI=1S/C12H20N4O/c1-8(9-2-3-9)16(10-4-5-10)7-11-14-12(6-13)17-15-11/h8-10H,2-7,13H2,1H3. The summed E-state index contributed by atoms with van der Waals surface area (Å²) in [6.07, 6.45) is 5.40. The molecule has 0 aliphatic heterocycles. The maximum atomic E-state index is 5.47. The first-order chi connectivity index (χ1) is 8.28. The van der Waals surface area contributed by atoms with Crippen LogP contribution in [0.5, 0.6) is 0 Å². The zero-order chi connectivity index (χ0) is 11.8. The van der Waals surface area contributed by atoms with Gasteiger partial charge in [0.25, 0.3) is 0 Å². The topological polar surface area (TPSA) is 68.2 Å². The molecule has 0 bridgehead atoms. The molecule has 94 valence electrons. The largest absolute Gasteiger partial charge is 0.338 e. The third-order valence-electron chi connectivity index (χ3n) is 3.85. The van der Waals surface area contributed by atoms with Gasteiger partial charge in [-0.3, -0.25) is 4.90 Å². The number of hydrogen-bond acceptors (Lipinski definition) is 5. The van der Waals surface area contributed by atoms with E-state index < -0.39 is 0 Å². The summed E-state index contributed by atoms with van der Waals surface area (Å²) < 4.78 is 5.06. The third kappa shape index (κ3) is 2.50. The minimum Gasteiger partial charge on any atom is -0.338 e. The number of rotatable bonds is 6. The molecule has 2 N–H and O–H groups in total. The lowest BCUT2D eigenvalue weighted by atomic mass is 10.2. The minimum atomic E-state index is 0.328. The van der Waals surface area contributed by atoms with E-state index in [0.29, 0.717) is 18.5 Å². The lowest BCUT2D eigenvalue weighted by molar-refractivity contribution is 0.164. The third-order valence-corrected chi connectivity index (χ3v) is 3.85. The van der Waals surface area contributed by atoms with Gasteiger partial charge >= 0.3 is 0 Å². The van der Waals surface area contributed by atoms with Crippen LogP contribution in [-0.2, 0) is 13.1 Å². The van der Waals surface area contributed by atoms with Crippen LogP contribution in [0.1, 0.15) is 44.3 Å². The second-order valence-corrected chi connectivity index (χ2v) is 5.29. The molecule has 0 radical (unpaired) electrons. The highest BCUT2D eigenvalue weighted by atomic mass is 16.5. The zero-order valence-corrected chi connectivity index (χ0v) is 10.3. The van der Waals surface area contributed by atoms with Gasteiger partial charge in [-0.2, -0.15) is 4.98 Å². The summed E-state index contributed by atoms with van der Waals surface area (Å²) in [5.74, 6) is 2.20. The maximum absolute atomic E-state index is 5.47. The molecular formula is C12H20N4O. The Labute approximate surface area is 101 Å². The van der Waals surface area contributed by atoms with E-state index in [9.17, 15) is 0 Å². The fraction of sp³-hybridized carbons (Fsp3) is 0.833. The quantitative estimate of drug-likeness (QED) is 0.806. The molecule has 5 nitrogen and oxygen atoms in total. The molecule has 1 heterocycles. The smallest absolute Gasteiger partial charge is 0.240 e. The lowest BCUT2D eigenvalue weighted by Crippen LogP contribution is -2.36. The predicted octanol–water partition coefficient (Wildman–Crippen LogP) is 1.29. The number of nitrogens with zero attached hydrogens (tertiary/aromatic N) is 3. The van der Waals surface area contributed by atoms with Gasteiger partial charge in [-0.05, 0) is 38.5 Å². The Balaban J connectivity index is 1.66. The Hall–Kier alpha value is -0.940. The van der Waals surface area contributed by atoms with E-state index in [0.717, 1.165) is 24.3 Å². The highest BCUT2D eigenvalue weighted by molar-refractivity contribution is 4.96. The van der Waals surface area contributed by atoms with Gasteiger partial charge in [0.05, 0.1) is 13.1 Å². The van der Waals surface area contributed by atoms with Gasteiger partial charge < -0.3 is 10.3 Å². The van der Waals surface area contributed by atoms with Crippen LogP contribution in [0.15, 0.2) is 4.52 Å². The highest BCUT2D eigenvalue weighted by Crippen LogP contribution is 2.40. The second-order valence-electron chi connectivity index (χ2n) is 5.29. The Morgan fingerprint density at radius 3 is 2.71 bits per heavy atom. The lowest BCUT2D eigenvalue weighted by Gasteiger charge is -2.27. The van der Waals surface area contributed by atoms with Crippen molar-refractivity contribution in [1.82, 2.24) is 15.0 Å². The van der Waals surface area contributed by atoms with Crippen LogP contribution >= 0.6 is 0 Å². The van der Waals surface area contributed by atoms with Crippen molar-refractivity contribution in [3.63, 3.8) is 0 Å². The first kappa shape index (κ1) is 11.2. The Kier molecular flexibility index (Phi) is 2.88. The number of hydrogen-bond donors (Lipinski definition) is 1. The van der Waals surface area contributed by atoms with Gasteiger partial charge in [0.1, 0.15) is 0 Å². The Bertz CT molecular complexity index is 384. The monoisotopic (exact) mass is 236 g/mol. The summed E-state index contributed by atoms with van der Waals surface area (Å²) >= 11 is 0. The molecule has 0 saturated heterocycles. The fourth-order valence-electron chi connectivity index (χ4n) is 2.46. The van der Waals surface area contributed by atoms with Gasteiger partial charge in [-0.1, -0.05) is 5.16 Å². The van der Waals surface area contributed by atoms with E-state index in [1.54, 1.807) is 0 Å². The molecule has 1 aromatic rings. The van der Waals surface area contributed by atoms with E-state index in [-0.39, 0.29) is 0 Å². The average molecular weight is 236 g/mol. The molecule has 2 aliphatic rings. The summed E-state index contributed by atoms with van der Waals surface area (Å²) in [6.45, 7) is 3.47. The molecule has 1 unspecified atom stereocenters. The SMILES string of the molecule is CC(C1CC1)N(Cc1noc(CN)n1)C1CC1. The summed E-state index contributed by atoms with van der Waals surface area (Å²) in [5, 5.41) is 3.99. The van der Waals surface area contributed by atoms with Crippen molar-refractivity contribution in [1.29, 1.82) is 0 Å². The van der Waals surface area contributed by atoms with Crippen molar-refractivity contribution in [2.24, 2.45) is 11.7 Å². The van der Waals surface area contributed by atoms with Gasteiger partial charge in [-0.25, -0.2) is 0 Å². The molecule has 0 aromatic carbocycles. The van der Waals surface area contributed by atoms with Gasteiger partial charge in [0.2, 0.25) is 5.89 Å². The molecule has 17 heavy (non-hydrogen) atoms. The van der Waals surface area contributed by atoms with Crippen molar-refractivity contribution < 1.29 is 4.52 Å². The first-order valence-corrected chi connectivity index (χ1v) is 6.55. The van der Waals surface area contributed by atoms with Crippen LogP contribution < -0.4 is 5.73 Å². The molecule has 3 rings (SSSR count). The molecule has 1 atom stereocenters. The molecule has 0 spiro atoms. The van der Waals surface area contributed by atoms with Crippen molar-refractivity contribution in [3.8, 4) is 0 Å². The van der Waals surface area contributed by atoms with Crippen molar-refractivity contribution in [2.75, 3.05) is 0 Å². The molecule has 1 aromatic heterocycles. The fourth-order valence-corrected chi connectivity index (χ4v) is 2.46. The second kappa shape index (κ2) is 4.38. The summed E-state index contributed by atoms with van der Waals surface area (Å²) in [6, 6.07) is 1.40. The normalized spacial score (nSPS) is 22.1. The Morgan fingerprint density at radius 1 is 1.41 bits per heavy atom.